The number of hydrogen-bond acceptors (Lipinski definition) is 3. The highest BCUT2D eigenvalue weighted by Crippen LogP contribution is 2.12. The van der Waals surface area contributed by atoms with E-state index in [1.807, 2.05) is 0 Å². The molecule has 1 rings (SSSR count). The van der Waals surface area contributed by atoms with E-state index in [9.17, 15) is 0 Å². The summed E-state index contributed by atoms with van der Waals surface area (Å²) >= 11 is 1.79. The molecule has 0 radical (unpaired) electrons. The summed E-state index contributed by atoms with van der Waals surface area (Å²) in [5, 5.41) is 5.47. The standard InChI is InChI=1S/C12H21NOS/c1-4-12(2,3)14-8-7-13-10-11-6-5-9-15-11/h5-6,9,13H,4,7-8,10H2,1-3H3. The van der Waals surface area contributed by atoms with Crippen LogP contribution in [0.1, 0.15) is 32.1 Å². The summed E-state index contributed by atoms with van der Waals surface area (Å²) in [6.45, 7) is 9.07. The van der Waals surface area contributed by atoms with E-state index in [2.05, 4.69) is 43.6 Å². The number of nitrogens with one attached hydrogen (secondary N) is 1. The highest BCUT2D eigenvalue weighted by atomic mass is 32.1. The van der Waals surface area contributed by atoms with Crippen molar-refractivity contribution in [2.24, 2.45) is 0 Å². The number of rotatable bonds is 7. The number of thiophene rings is 1. The van der Waals surface area contributed by atoms with E-state index in [0.29, 0.717) is 0 Å². The lowest BCUT2D eigenvalue weighted by atomic mass is 10.1. The second-order valence-corrected chi connectivity index (χ2v) is 5.25. The van der Waals surface area contributed by atoms with Crippen LogP contribution in [0.15, 0.2) is 17.5 Å². The van der Waals surface area contributed by atoms with Gasteiger partial charge in [0.2, 0.25) is 0 Å². The molecule has 3 heteroatoms. The molecule has 1 aromatic heterocycles. The van der Waals surface area contributed by atoms with Gasteiger partial charge in [-0.15, -0.1) is 11.3 Å². The molecule has 2 nitrogen and oxygen atoms in total. The van der Waals surface area contributed by atoms with Crippen molar-refractivity contribution in [3.05, 3.63) is 22.4 Å². The van der Waals surface area contributed by atoms with Gasteiger partial charge in [-0.1, -0.05) is 13.0 Å². The summed E-state index contributed by atoms with van der Waals surface area (Å²) in [7, 11) is 0. The molecule has 1 heterocycles. The first-order valence-electron chi connectivity index (χ1n) is 5.51. The van der Waals surface area contributed by atoms with Crippen molar-refractivity contribution in [1.29, 1.82) is 0 Å². The third kappa shape index (κ3) is 5.30. The molecule has 0 saturated heterocycles. The van der Waals surface area contributed by atoms with E-state index in [1.54, 1.807) is 11.3 Å². The Morgan fingerprint density at radius 1 is 1.47 bits per heavy atom. The Morgan fingerprint density at radius 2 is 2.27 bits per heavy atom. The van der Waals surface area contributed by atoms with E-state index >= 15 is 0 Å². The topological polar surface area (TPSA) is 21.3 Å². The molecule has 1 aromatic rings. The molecule has 0 fully saturated rings. The zero-order valence-corrected chi connectivity index (χ0v) is 10.7. The maximum Gasteiger partial charge on any atom is 0.0624 e. The summed E-state index contributed by atoms with van der Waals surface area (Å²) in [5.74, 6) is 0. The van der Waals surface area contributed by atoms with Gasteiger partial charge in [-0.2, -0.15) is 0 Å². The minimum atomic E-state index is 0.0185. The third-order valence-corrected chi connectivity index (χ3v) is 3.38. The van der Waals surface area contributed by atoms with E-state index < -0.39 is 0 Å². The van der Waals surface area contributed by atoms with Crippen molar-refractivity contribution in [2.75, 3.05) is 13.2 Å². The fourth-order valence-corrected chi connectivity index (χ4v) is 1.80. The molecule has 0 atom stereocenters. The highest BCUT2D eigenvalue weighted by molar-refractivity contribution is 7.09. The molecule has 0 aliphatic rings. The van der Waals surface area contributed by atoms with Crippen LogP contribution < -0.4 is 5.32 Å². The first-order chi connectivity index (χ1) is 7.14. The molecule has 0 bridgehead atoms. The molecule has 0 aliphatic carbocycles. The van der Waals surface area contributed by atoms with Crippen LogP contribution in [-0.2, 0) is 11.3 Å². The monoisotopic (exact) mass is 227 g/mol. The lowest BCUT2D eigenvalue weighted by Crippen LogP contribution is -2.28. The first-order valence-corrected chi connectivity index (χ1v) is 6.39. The van der Waals surface area contributed by atoms with E-state index in [1.165, 1.54) is 4.88 Å². The van der Waals surface area contributed by atoms with Crippen molar-refractivity contribution < 1.29 is 4.74 Å². The highest BCUT2D eigenvalue weighted by Gasteiger charge is 2.14. The molecule has 1 N–H and O–H groups in total. The summed E-state index contributed by atoms with van der Waals surface area (Å²) in [5.41, 5.74) is 0.0185. The average molecular weight is 227 g/mol. The molecule has 0 aromatic carbocycles. The zero-order valence-electron chi connectivity index (χ0n) is 9.88. The van der Waals surface area contributed by atoms with E-state index in [0.717, 1.165) is 26.1 Å². The fraction of sp³-hybridized carbons (Fsp3) is 0.667. The van der Waals surface area contributed by atoms with Crippen molar-refractivity contribution in [2.45, 2.75) is 39.3 Å². The van der Waals surface area contributed by atoms with Gasteiger partial charge >= 0.3 is 0 Å². The maximum absolute atomic E-state index is 5.74. The quantitative estimate of drug-likeness (QED) is 0.723. The van der Waals surface area contributed by atoms with Crippen LogP contribution in [0.25, 0.3) is 0 Å². The number of ether oxygens (including phenoxy) is 1. The molecular formula is C12H21NOS. The van der Waals surface area contributed by atoms with Crippen LogP contribution in [0.5, 0.6) is 0 Å². The Balaban J connectivity index is 2.03. The van der Waals surface area contributed by atoms with Crippen molar-refractivity contribution in [3.63, 3.8) is 0 Å². The second kappa shape index (κ2) is 6.26. The predicted molar refractivity (Wildman–Crippen MR) is 66.3 cm³/mol. The predicted octanol–water partition coefficient (Wildman–Crippen LogP) is 3.04. The molecule has 15 heavy (non-hydrogen) atoms. The minimum absolute atomic E-state index is 0.0185. The first kappa shape index (κ1) is 12.7. The molecular weight excluding hydrogens is 206 g/mol. The number of hydrogen-bond donors (Lipinski definition) is 1. The SMILES string of the molecule is CCC(C)(C)OCCNCc1cccs1. The second-order valence-electron chi connectivity index (χ2n) is 4.22. The van der Waals surface area contributed by atoms with E-state index in [-0.39, 0.29) is 5.60 Å². The van der Waals surface area contributed by atoms with Gasteiger partial charge in [-0.3, -0.25) is 0 Å². The lowest BCUT2D eigenvalue weighted by Gasteiger charge is -2.23. The summed E-state index contributed by atoms with van der Waals surface area (Å²) < 4.78 is 5.74. The molecule has 0 spiro atoms. The van der Waals surface area contributed by atoms with Gasteiger partial charge in [-0.05, 0) is 31.7 Å². The third-order valence-electron chi connectivity index (χ3n) is 2.50. The summed E-state index contributed by atoms with van der Waals surface area (Å²) in [6, 6.07) is 4.23. The van der Waals surface area contributed by atoms with Crippen molar-refractivity contribution in [3.8, 4) is 0 Å². The van der Waals surface area contributed by atoms with Crippen LogP contribution in [0.2, 0.25) is 0 Å². The van der Waals surface area contributed by atoms with Gasteiger partial charge in [0.25, 0.3) is 0 Å². The van der Waals surface area contributed by atoms with Crippen molar-refractivity contribution in [1.82, 2.24) is 5.32 Å². The molecule has 0 saturated carbocycles. The Kier molecular flexibility index (Phi) is 5.29. The van der Waals surface area contributed by atoms with E-state index in [4.69, 9.17) is 4.74 Å². The minimum Gasteiger partial charge on any atom is -0.374 e. The Labute approximate surface area is 96.7 Å². The van der Waals surface area contributed by atoms with Crippen LogP contribution >= 0.6 is 11.3 Å². The molecule has 0 unspecified atom stereocenters. The van der Waals surface area contributed by atoms with Crippen LogP contribution in [-0.4, -0.2) is 18.8 Å². The van der Waals surface area contributed by atoms with Crippen molar-refractivity contribution >= 4 is 11.3 Å². The van der Waals surface area contributed by atoms with Gasteiger partial charge in [-0.25, -0.2) is 0 Å². The normalized spacial score (nSPS) is 11.9. The van der Waals surface area contributed by atoms with Crippen LogP contribution in [0.3, 0.4) is 0 Å². The molecule has 86 valence electrons. The summed E-state index contributed by atoms with van der Waals surface area (Å²) in [6.07, 6.45) is 1.05. The Morgan fingerprint density at radius 3 is 2.87 bits per heavy atom. The average Bonchev–Trinajstić information content (AvgIpc) is 2.70. The largest absolute Gasteiger partial charge is 0.374 e. The van der Waals surface area contributed by atoms with Gasteiger partial charge in [0.1, 0.15) is 0 Å². The van der Waals surface area contributed by atoms with Crippen LogP contribution in [0, 0.1) is 0 Å². The van der Waals surface area contributed by atoms with Crippen LogP contribution in [0.4, 0.5) is 0 Å². The van der Waals surface area contributed by atoms with Gasteiger partial charge in [0, 0.05) is 18.0 Å². The molecule has 0 aliphatic heterocycles. The van der Waals surface area contributed by atoms with Gasteiger partial charge in [0.15, 0.2) is 0 Å². The Bertz CT molecular complexity index is 257. The zero-order chi connectivity index (χ0) is 11.1. The lowest BCUT2D eigenvalue weighted by molar-refractivity contribution is -0.0180. The van der Waals surface area contributed by atoms with Gasteiger partial charge in [0.05, 0.1) is 12.2 Å². The van der Waals surface area contributed by atoms with Gasteiger partial charge < -0.3 is 10.1 Å². The fourth-order valence-electron chi connectivity index (χ4n) is 1.13. The smallest absolute Gasteiger partial charge is 0.0624 e. The molecule has 0 amide bonds. The Hall–Kier alpha value is -0.380. The maximum atomic E-state index is 5.74. The summed E-state index contributed by atoms with van der Waals surface area (Å²) in [4.78, 5) is 1.38.